The molecule has 2 N–H and O–H groups in total. The molecule has 1 saturated heterocycles. The Morgan fingerprint density at radius 2 is 1.85 bits per heavy atom. The number of piperazine rings is 1. The maximum absolute atomic E-state index is 4.70. The first-order chi connectivity index (χ1) is 16.7. The molecule has 1 aliphatic rings. The third kappa shape index (κ3) is 3.92. The number of pyridine rings is 2. The van der Waals surface area contributed by atoms with Gasteiger partial charge in [-0.1, -0.05) is 12.1 Å². The molecular formula is C26H26N8. The lowest BCUT2D eigenvalue weighted by Gasteiger charge is -2.33. The van der Waals surface area contributed by atoms with Crippen LogP contribution in [0, 0.1) is 0 Å². The average molecular weight is 451 g/mol. The van der Waals surface area contributed by atoms with Gasteiger partial charge in [-0.15, -0.1) is 0 Å². The van der Waals surface area contributed by atoms with E-state index in [0.717, 1.165) is 76.4 Å². The summed E-state index contributed by atoms with van der Waals surface area (Å²) >= 11 is 0. The number of benzene rings is 1. The van der Waals surface area contributed by atoms with Crippen LogP contribution in [-0.4, -0.2) is 63.0 Å². The van der Waals surface area contributed by atoms with Crippen LogP contribution in [0.3, 0.4) is 0 Å². The molecule has 170 valence electrons. The smallest absolute Gasteiger partial charge is 0.137 e. The molecule has 0 aliphatic carbocycles. The molecule has 6 rings (SSSR count). The van der Waals surface area contributed by atoms with Crippen LogP contribution in [0.15, 0.2) is 67.4 Å². The largest absolute Gasteiger partial charge is 0.365 e. The summed E-state index contributed by atoms with van der Waals surface area (Å²) in [4.78, 5) is 26.0. The third-order valence-electron chi connectivity index (χ3n) is 6.49. The highest BCUT2D eigenvalue weighted by atomic mass is 15.3. The molecule has 1 fully saturated rings. The fourth-order valence-corrected chi connectivity index (χ4v) is 4.49. The number of aromatic nitrogens is 5. The molecule has 0 saturated carbocycles. The second-order valence-corrected chi connectivity index (χ2v) is 8.72. The van der Waals surface area contributed by atoms with Crippen LogP contribution >= 0.6 is 0 Å². The standard InChI is InChI=1S/C26H26N8/c1-33-9-11-34(12-10-33)24-7-4-18(14-28-24)15-29-26-21-13-19(5-6-23(21)31-17-32-26)22-16-30-25-20(22)3-2-8-27-25/h2-8,13-14,16-17H,9-12,15H2,1H3,(H,27,30)(H,29,31,32). The van der Waals surface area contributed by atoms with Crippen molar-refractivity contribution in [2.45, 2.75) is 6.54 Å². The minimum absolute atomic E-state index is 0.642. The van der Waals surface area contributed by atoms with Gasteiger partial charge in [0.15, 0.2) is 0 Å². The van der Waals surface area contributed by atoms with E-state index in [1.54, 1.807) is 12.5 Å². The molecule has 0 unspecified atom stereocenters. The maximum Gasteiger partial charge on any atom is 0.137 e. The van der Waals surface area contributed by atoms with E-state index in [-0.39, 0.29) is 0 Å². The summed E-state index contributed by atoms with van der Waals surface area (Å²) in [5, 5.41) is 5.57. The van der Waals surface area contributed by atoms with Crippen LogP contribution in [-0.2, 0) is 6.54 Å². The highest BCUT2D eigenvalue weighted by Crippen LogP contribution is 2.31. The van der Waals surface area contributed by atoms with Gasteiger partial charge in [-0.3, -0.25) is 0 Å². The van der Waals surface area contributed by atoms with Crippen molar-refractivity contribution in [1.82, 2.24) is 29.8 Å². The van der Waals surface area contributed by atoms with Crippen LogP contribution in [0.2, 0.25) is 0 Å². The van der Waals surface area contributed by atoms with E-state index in [1.165, 1.54) is 0 Å². The highest BCUT2D eigenvalue weighted by molar-refractivity contribution is 5.98. The molecule has 8 heteroatoms. The van der Waals surface area contributed by atoms with Gasteiger partial charge >= 0.3 is 0 Å². The van der Waals surface area contributed by atoms with Crippen LogP contribution in [0.4, 0.5) is 11.6 Å². The zero-order valence-corrected chi connectivity index (χ0v) is 19.1. The Morgan fingerprint density at radius 3 is 2.71 bits per heavy atom. The number of nitrogens with zero attached hydrogens (tertiary/aromatic N) is 6. The number of rotatable bonds is 5. The van der Waals surface area contributed by atoms with Gasteiger partial charge < -0.3 is 20.1 Å². The minimum atomic E-state index is 0.642. The number of anilines is 2. The van der Waals surface area contributed by atoms with Crippen molar-refractivity contribution < 1.29 is 0 Å². The van der Waals surface area contributed by atoms with E-state index >= 15 is 0 Å². The molecule has 8 nitrogen and oxygen atoms in total. The maximum atomic E-state index is 4.70. The zero-order chi connectivity index (χ0) is 22.9. The Labute approximate surface area is 197 Å². The Morgan fingerprint density at radius 1 is 0.941 bits per heavy atom. The van der Waals surface area contributed by atoms with Crippen LogP contribution in [0.25, 0.3) is 33.1 Å². The predicted molar refractivity (Wildman–Crippen MR) is 136 cm³/mol. The van der Waals surface area contributed by atoms with Gasteiger partial charge in [-0.2, -0.15) is 0 Å². The first-order valence-electron chi connectivity index (χ1n) is 11.5. The monoisotopic (exact) mass is 450 g/mol. The molecule has 5 aromatic rings. The van der Waals surface area contributed by atoms with Gasteiger partial charge in [-0.05, 0) is 48.5 Å². The van der Waals surface area contributed by atoms with E-state index < -0.39 is 0 Å². The summed E-state index contributed by atoms with van der Waals surface area (Å²) in [6.07, 6.45) is 7.36. The second-order valence-electron chi connectivity index (χ2n) is 8.72. The lowest BCUT2D eigenvalue weighted by Crippen LogP contribution is -2.44. The summed E-state index contributed by atoms with van der Waals surface area (Å²) in [5.41, 5.74) is 5.12. The Balaban J connectivity index is 1.23. The number of hydrogen-bond acceptors (Lipinski definition) is 7. The Kier molecular flexibility index (Phi) is 5.27. The first kappa shape index (κ1) is 20.6. The highest BCUT2D eigenvalue weighted by Gasteiger charge is 2.15. The third-order valence-corrected chi connectivity index (χ3v) is 6.49. The van der Waals surface area contributed by atoms with Crippen molar-refractivity contribution in [1.29, 1.82) is 0 Å². The number of likely N-dealkylation sites (N-methyl/N-ethyl adjacent to an activating group) is 1. The minimum Gasteiger partial charge on any atom is -0.365 e. The molecule has 0 amide bonds. The summed E-state index contributed by atoms with van der Waals surface area (Å²) in [7, 11) is 2.16. The van der Waals surface area contributed by atoms with Crippen molar-refractivity contribution in [2.75, 3.05) is 43.4 Å². The van der Waals surface area contributed by atoms with E-state index in [0.29, 0.717) is 6.54 Å². The molecular weight excluding hydrogens is 424 g/mol. The van der Waals surface area contributed by atoms with Crippen molar-refractivity contribution >= 4 is 33.6 Å². The molecule has 4 aromatic heterocycles. The number of nitrogens with one attached hydrogen (secondary N) is 2. The van der Waals surface area contributed by atoms with Gasteiger partial charge in [0.05, 0.1) is 5.52 Å². The van der Waals surface area contributed by atoms with Crippen molar-refractivity contribution in [2.24, 2.45) is 0 Å². The average Bonchev–Trinajstić information content (AvgIpc) is 3.32. The van der Waals surface area contributed by atoms with Gasteiger partial charge in [0.1, 0.15) is 23.6 Å². The number of hydrogen-bond donors (Lipinski definition) is 2. The van der Waals surface area contributed by atoms with Crippen molar-refractivity contribution in [3.63, 3.8) is 0 Å². The zero-order valence-electron chi connectivity index (χ0n) is 19.1. The van der Waals surface area contributed by atoms with E-state index in [9.17, 15) is 0 Å². The Bertz CT molecular complexity index is 1430. The van der Waals surface area contributed by atoms with E-state index in [1.807, 2.05) is 24.5 Å². The topological polar surface area (TPSA) is 85.9 Å². The molecule has 34 heavy (non-hydrogen) atoms. The lowest BCUT2D eigenvalue weighted by molar-refractivity contribution is 0.312. The molecule has 1 aromatic carbocycles. The van der Waals surface area contributed by atoms with Gasteiger partial charge in [-0.25, -0.2) is 19.9 Å². The van der Waals surface area contributed by atoms with E-state index in [2.05, 4.69) is 72.4 Å². The fourth-order valence-electron chi connectivity index (χ4n) is 4.49. The van der Waals surface area contributed by atoms with Gasteiger partial charge in [0.25, 0.3) is 0 Å². The molecule has 1 aliphatic heterocycles. The summed E-state index contributed by atoms with van der Waals surface area (Å²) < 4.78 is 0. The van der Waals surface area contributed by atoms with Gasteiger partial charge in [0.2, 0.25) is 0 Å². The Hall–Kier alpha value is -4.04. The molecule has 0 bridgehead atoms. The molecule has 0 radical (unpaired) electrons. The van der Waals surface area contributed by atoms with Crippen molar-refractivity contribution in [3.8, 4) is 11.1 Å². The second kappa shape index (κ2) is 8.72. The summed E-state index contributed by atoms with van der Waals surface area (Å²) in [5.74, 6) is 1.86. The SMILES string of the molecule is CN1CCN(c2ccc(CNc3ncnc4ccc(-c5c[nH]c6ncccc56)cc34)cn2)CC1. The van der Waals surface area contributed by atoms with Crippen molar-refractivity contribution in [3.05, 3.63) is 72.9 Å². The van der Waals surface area contributed by atoms with Crippen LogP contribution in [0.1, 0.15) is 5.56 Å². The first-order valence-corrected chi connectivity index (χ1v) is 11.5. The fraction of sp³-hybridized carbons (Fsp3) is 0.231. The van der Waals surface area contributed by atoms with E-state index in [4.69, 9.17) is 4.98 Å². The predicted octanol–water partition coefficient (Wildman–Crippen LogP) is 3.93. The van der Waals surface area contributed by atoms with Gasteiger partial charge in [0, 0.05) is 67.7 Å². The summed E-state index contributed by atoms with van der Waals surface area (Å²) in [6.45, 7) is 4.82. The van der Waals surface area contributed by atoms with Crippen LogP contribution in [0.5, 0.6) is 0 Å². The van der Waals surface area contributed by atoms with Crippen LogP contribution < -0.4 is 10.2 Å². The number of fused-ring (bicyclic) bond motifs is 2. The number of H-pyrrole nitrogens is 1. The molecule has 0 atom stereocenters. The quantitative estimate of drug-likeness (QED) is 0.420. The normalized spacial score (nSPS) is 14.7. The molecule has 5 heterocycles. The lowest BCUT2D eigenvalue weighted by atomic mass is 10.0. The summed E-state index contributed by atoms with van der Waals surface area (Å²) in [6, 6.07) is 14.6. The molecule has 0 spiro atoms. The number of aromatic amines is 1.